The number of aryl methyl sites for hydroxylation is 1. The molecule has 1 aliphatic heterocycles. The van der Waals surface area contributed by atoms with E-state index in [0.717, 1.165) is 33.4 Å². The molecule has 0 fully saturated rings. The number of fused-ring (bicyclic) bond motifs is 2. The Morgan fingerprint density at radius 3 is 2.87 bits per heavy atom. The monoisotopic (exact) mass is 420 g/mol. The van der Waals surface area contributed by atoms with Crippen LogP contribution in [-0.4, -0.2) is 32.1 Å². The van der Waals surface area contributed by atoms with Gasteiger partial charge in [-0.2, -0.15) is 5.10 Å². The molecule has 0 saturated heterocycles. The molecule has 0 aliphatic carbocycles. The van der Waals surface area contributed by atoms with Gasteiger partial charge < -0.3 is 4.90 Å². The predicted octanol–water partition coefficient (Wildman–Crippen LogP) is 4.63. The van der Waals surface area contributed by atoms with Crippen molar-refractivity contribution in [1.82, 2.24) is 19.7 Å². The van der Waals surface area contributed by atoms with Crippen LogP contribution in [-0.2, 0) is 20.0 Å². The SMILES string of the molecule is Cn1nc2c(c1-c1ccc(F)cc1Cl)CCN(C(=O)c1ccc3ncccc3c1)C2. The molecule has 2 aromatic carbocycles. The Morgan fingerprint density at radius 2 is 2.03 bits per heavy atom. The van der Waals surface area contributed by atoms with Gasteiger partial charge in [-0.15, -0.1) is 0 Å². The number of benzene rings is 2. The Balaban J connectivity index is 1.46. The van der Waals surface area contributed by atoms with E-state index in [1.807, 2.05) is 42.3 Å². The zero-order chi connectivity index (χ0) is 20.8. The van der Waals surface area contributed by atoms with E-state index in [9.17, 15) is 9.18 Å². The van der Waals surface area contributed by atoms with Gasteiger partial charge in [0, 0.05) is 41.9 Å². The number of pyridine rings is 1. The first-order chi connectivity index (χ1) is 14.5. The van der Waals surface area contributed by atoms with Crippen molar-refractivity contribution in [3.63, 3.8) is 0 Å². The Labute approximate surface area is 177 Å². The lowest BCUT2D eigenvalue weighted by atomic mass is 9.99. The van der Waals surface area contributed by atoms with Gasteiger partial charge >= 0.3 is 0 Å². The molecular formula is C23H18ClFN4O. The van der Waals surface area contributed by atoms with Gasteiger partial charge in [0.25, 0.3) is 5.91 Å². The highest BCUT2D eigenvalue weighted by molar-refractivity contribution is 6.33. The Bertz CT molecular complexity index is 1300. The highest BCUT2D eigenvalue weighted by Crippen LogP contribution is 2.35. The zero-order valence-corrected chi connectivity index (χ0v) is 17.0. The van der Waals surface area contributed by atoms with E-state index in [2.05, 4.69) is 10.1 Å². The third-order valence-corrected chi connectivity index (χ3v) is 5.84. The summed E-state index contributed by atoms with van der Waals surface area (Å²) in [5.41, 5.74) is 5.01. The lowest BCUT2D eigenvalue weighted by Crippen LogP contribution is -2.36. The topological polar surface area (TPSA) is 51.0 Å². The molecule has 0 N–H and O–H groups in total. The van der Waals surface area contributed by atoms with Crippen molar-refractivity contribution in [2.75, 3.05) is 6.54 Å². The highest BCUT2D eigenvalue weighted by atomic mass is 35.5. The average Bonchev–Trinajstić information content (AvgIpc) is 3.07. The van der Waals surface area contributed by atoms with Gasteiger partial charge in [-0.25, -0.2) is 4.39 Å². The molecular weight excluding hydrogens is 403 g/mol. The normalized spacial score (nSPS) is 13.5. The first-order valence-electron chi connectivity index (χ1n) is 9.65. The molecule has 0 atom stereocenters. The molecule has 5 rings (SSSR count). The number of carbonyl (C=O) groups is 1. The van der Waals surface area contributed by atoms with Crippen LogP contribution in [0.1, 0.15) is 21.6 Å². The number of hydrogen-bond acceptors (Lipinski definition) is 3. The molecule has 3 heterocycles. The fourth-order valence-corrected chi connectivity index (χ4v) is 4.36. The molecule has 0 saturated carbocycles. The van der Waals surface area contributed by atoms with Crippen molar-refractivity contribution in [2.24, 2.45) is 7.05 Å². The third-order valence-electron chi connectivity index (χ3n) is 5.52. The van der Waals surface area contributed by atoms with Gasteiger partial charge in [0.1, 0.15) is 5.82 Å². The molecule has 0 bridgehead atoms. The van der Waals surface area contributed by atoms with Gasteiger partial charge in [0.05, 0.1) is 28.5 Å². The van der Waals surface area contributed by atoms with Crippen LogP contribution in [0, 0.1) is 5.82 Å². The second kappa shape index (κ2) is 7.22. The standard InChI is InChI=1S/C23H18ClFN4O/c1-28-22(17-6-5-16(25)12-19(17)24)18-8-10-29(13-21(18)27-28)23(30)15-4-7-20-14(11-15)3-2-9-26-20/h2-7,9,11-12H,8,10,13H2,1H3. The van der Waals surface area contributed by atoms with Crippen LogP contribution in [0.15, 0.2) is 54.7 Å². The first-order valence-corrected chi connectivity index (χ1v) is 10.0. The van der Waals surface area contributed by atoms with Gasteiger partial charge in [-0.3, -0.25) is 14.5 Å². The van der Waals surface area contributed by atoms with Crippen LogP contribution in [0.3, 0.4) is 0 Å². The predicted molar refractivity (Wildman–Crippen MR) is 114 cm³/mol. The van der Waals surface area contributed by atoms with Gasteiger partial charge in [-0.05, 0) is 48.9 Å². The van der Waals surface area contributed by atoms with E-state index in [0.29, 0.717) is 30.1 Å². The smallest absolute Gasteiger partial charge is 0.254 e. The van der Waals surface area contributed by atoms with Gasteiger partial charge in [-0.1, -0.05) is 17.7 Å². The van der Waals surface area contributed by atoms with Crippen LogP contribution in [0.25, 0.3) is 22.2 Å². The molecule has 7 heteroatoms. The average molecular weight is 421 g/mol. The minimum atomic E-state index is -0.373. The van der Waals surface area contributed by atoms with Crippen molar-refractivity contribution >= 4 is 28.4 Å². The summed E-state index contributed by atoms with van der Waals surface area (Å²) in [6.07, 6.45) is 2.40. The summed E-state index contributed by atoms with van der Waals surface area (Å²) in [5, 5.41) is 5.92. The lowest BCUT2D eigenvalue weighted by Gasteiger charge is -2.27. The zero-order valence-electron chi connectivity index (χ0n) is 16.3. The minimum Gasteiger partial charge on any atom is -0.332 e. The first kappa shape index (κ1) is 18.8. The summed E-state index contributed by atoms with van der Waals surface area (Å²) < 4.78 is 15.2. The number of hydrogen-bond donors (Lipinski definition) is 0. The summed E-state index contributed by atoms with van der Waals surface area (Å²) in [5.74, 6) is -0.402. The molecule has 1 amide bonds. The van der Waals surface area contributed by atoms with Crippen LogP contribution in [0.4, 0.5) is 4.39 Å². The maximum Gasteiger partial charge on any atom is 0.254 e. The van der Waals surface area contributed by atoms with E-state index < -0.39 is 0 Å². The largest absolute Gasteiger partial charge is 0.332 e. The molecule has 0 unspecified atom stereocenters. The van der Waals surface area contributed by atoms with Crippen LogP contribution >= 0.6 is 11.6 Å². The van der Waals surface area contributed by atoms with Crippen molar-refractivity contribution in [3.8, 4) is 11.3 Å². The quantitative estimate of drug-likeness (QED) is 0.475. The number of rotatable bonds is 2. The maximum atomic E-state index is 13.5. The molecule has 1 aliphatic rings. The van der Waals surface area contributed by atoms with Crippen molar-refractivity contribution in [3.05, 3.63) is 82.4 Å². The number of carbonyl (C=O) groups excluding carboxylic acids is 1. The van der Waals surface area contributed by atoms with Gasteiger partial charge in [0.15, 0.2) is 0 Å². The molecule has 150 valence electrons. The van der Waals surface area contributed by atoms with Crippen LogP contribution in [0.2, 0.25) is 5.02 Å². The van der Waals surface area contributed by atoms with E-state index in [4.69, 9.17) is 11.6 Å². The molecule has 4 aromatic rings. The molecule has 5 nitrogen and oxygen atoms in total. The third kappa shape index (κ3) is 3.13. The molecule has 30 heavy (non-hydrogen) atoms. The summed E-state index contributed by atoms with van der Waals surface area (Å²) in [6.45, 7) is 1.00. The molecule has 0 radical (unpaired) electrons. The van der Waals surface area contributed by atoms with Crippen LogP contribution < -0.4 is 0 Å². The second-order valence-corrected chi connectivity index (χ2v) is 7.82. The van der Waals surface area contributed by atoms with Crippen molar-refractivity contribution in [2.45, 2.75) is 13.0 Å². The van der Waals surface area contributed by atoms with Crippen molar-refractivity contribution < 1.29 is 9.18 Å². The maximum absolute atomic E-state index is 13.5. The summed E-state index contributed by atoms with van der Waals surface area (Å²) in [7, 11) is 1.84. The molecule has 2 aromatic heterocycles. The van der Waals surface area contributed by atoms with E-state index >= 15 is 0 Å². The number of halogens is 2. The minimum absolute atomic E-state index is 0.0292. The number of aromatic nitrogens is 3. The number of amides is 1. The Morgan fingerprint density at radius 1 is 1.17 bits per heavy atom. The van der Waals surface area contributed by atoms with Crippen LogP contribution in [0.5, 0.6) is 0 Å². The number of nitrogens with zero attached hydrogens (tertiary/aromatic N) is 4. The van der Waals surface area contributed by atoms with E-state index in [1.54, 1.807) is 16.9 Å². The summed E-state index contributed by atoms with van der Waals surface area (Å²) >= 11 is 6.29. The second-order valence-electron chi connectivity index (χ2n) is 7.41. The molecule has 0 spiro atoms. The lowest BCUT2D eigenvalue weighted by molar-refractivity contribution is 0.0732. The van der Waals surface area contributed by atoms with E-state index in [-0.39, 0.29) is 11.7 Å². The summed E-state index contributed by atoms with van der Waals surface area (Å²) in [6, 6.07) is 13.8. The fraction of sp³-hybridized carbons (Fsp3) is 0.174. The van der Waals surface area contributed by atoms with Gasteiger partial charge in [0.2, 0.25) is 0 Å². The van der Waals surface area contributed by atoms with E-state index in [1.165, 1.54) is 12.1 Å². The summed E-state index contributed by atoms with van der Waals surface area (Å²) in [4.78, 5) is 19.2. The Hall–Kier alpha value is -3.25. The van der Waals surface area contributed by atoms with Crippen molar-refractivity contribution in [1.29, 1.82) is 0 Å². The Kier molecular flexibility index (Phi) is 4.51. The highest BCUT2D eigenvalue weighted by Gasteiger charge is 2.28. The fourth-order valence-electron chi connectivity index (χ4n) is 4.10.